The van der Waals surface area contributed by atoms with Gasteiger partial charge in [0.25, 0.3) is 0 Å². The Kier molecular flexibility index (Phi) is 2.42. The molecule has 0 N–H and O–H groups in total. The number of ether oxygens (including phenoxy) is 5. The molecule has 0 aliphatic carbocycles. The maximum absolute atomic E-state index is 11.6. The van der Waals surface area contributed by atoms with Crippen LogP contribution in [-0.4, -0.2) is 48.4 Å². The highest BCUT2D eigenvalue weighted by Crippen LogP contribution is 2.42. The number of hydrogen-bond donors (Lipinski definition) is 0. The van der Waals surface area contributed by atoms with Crippen LogP contribution in [0.3, 0.4) is 0 Å². The van der Waals surface area contributed by atoms with Gasteiger partial charge in [0.15, 0.2) is 24.3 Å². The van der Waals surface area contributed by atoms with Crippen LogP contribution in [0.1, 0.15) is 20.8 Å². The molecule has 0 unspecified atom stereocenters. The van der Waals surface area contributed by atoms with Crippen molar-refractivity contribution in [2.24, 2.45) is 0 Å². The van der Waals surface area contributed by atoms with E-state index in [1.165, 1.54) is 6.92 Å². The van der Waals surface area contributed by atoms with Crippen molar-refractivity contribution in [2.75, 3.05) is 0 Å². The Morgan fingerprint density at radius 2 is 1.94 bits per heavy atom. The third-order valence-corrected chi connectivity index (χ3v) is 3.10. The number of hydrogen-bond acceptors (Lipinski definition) is 7. The van der Waals surface area contributed by atoms with Gasteiger partial charge in [-0.1, -0.05) is 0 Å². The van der Waals surface area contributed by atoms with Gasteiger partial charge >= 0.3 is 11.9 Å². The first-order chi connectivity index (χ1) is 8.37. The lowest BCUT2D eigenvalue weighted by atomic mass is 10.1. The summed E-state index contributed by atoms with van der Waals surface area (Å²) in [6, 6.07) is 0. The molecule has 5 atom stereocenters. The van der Waals surface area contributed by atoms with Crippen molar-refractivity contribution >= 4 is 11.9 Å². The van der Waals surface area contributed by atoms with Gasteiger partial charge in [0.05, 0.1) is 0 Å². The maximum atomic E-state index is 11.6. The van der Waals surface area contributed by atoms with Crippen LogP contribution >= 0.6 is 0 Å². The predicted octanol–water partition coefficient (Wildman–Crippen LogP) is -0.280. The lowest BCUT2D eigenvalue weighted by Crippen LogP contribution is -2.37. The molecular formula is C11H14O7. The predicted molar refractivity (Wildman–Crippen MR) is 54.1 cm³/mol. The summed E-state index contributed by atoms with van der Waals surface area (Å²) in [6.07, 6.45) is -3.36. The normalized spacial score (nSPS) is 44.4. The van der Waals surface area contributed by atoms with E-state index in [9.17, 15) is 9.59 Å². The van der Waals surface area contributed by atoms with Gasteiger partial charge in [-0.15, -0.1) is 0 Å². The number of fused-ring (bicyclic) bond motifs is 3. The molecule has 3 fully saturated rings. The SMILES string of the molecule is CC(=O)O[C@@H]1C(=O)O[C@@H]2[C@H]3OC(C)(C)O[C@H]3O[C@@H]21. The van der Waals surface area contributed by atoms with Crippen LogP contribution in [-0.2, 0) is 33.3 Å². The summed E-state index contributed by atoms with van der Waals surface area (Å²) in [5.74, 6) is -1.93. The molecule has 0 aromatic carbocycles. The third kappa shape index (κ3) is 1.70. The second kappa shape index (κ2) is 3.66. The van der Waals surface area contributed by atoms with E-state index in [-0.39, 0.29) is 0 Å². The van der Waals surface area contributed by atoms with E-state index >= 15 is 0 Å². The molecule has 7 heteroatoms. The zero-order valence-electron chi connectivity index (χ0n) is 10.2. The molecule has 3 saturated heterocycles. The fourth-order valence-corrected chi connectivity index (χ4v) is 2.51. The second-order valence-electron chi connectivity index (χ2n) is 5.00. The Morgan fingerprint density at radius 1 is 1.22 bits per heavy atom. The topological polar surface area (TPSA) is 80.3 Å². The van der Waals surface area contributed by atoms with Crippen LogP contribution in [0.2, 0.25) is 0 Å². The second-order valence-corrected chi connectivity index (χ2v) is 5.00. The molecule has 0 bridgehead atoms. The maximum Gasteiger partial charge on any atom is 0.350 e. The molecule has 3 aliphatic heterocycles. The van der Waals surface area contributed by atoms with Gasteiger partial charge in [-0.05, 0) is 13.8 Å². The van der Waals surface area contributed by atoms with Gasteiger partial charge < -0.3 is 23.7 Å². The van der Waals surface area contributed by atoms with Crippen molar-refractivity contribution in [1.29, 1.82) is 0 Å². The highest BCUT2D eigenvalue weighted by Gasteiger charge is 2.64. The highest BCUT2D eigenvalue weighted by atomic mass is 16.8. The molecule has 3 heterocycles. The van der Waals surface area contributed by atoms with E-state index < -0.39 is 48.4 Å². The summed E-state index contributed by atoms with van der Waals surface area (Å²) in [7, 11) is 0. The van der Waals surface area contributed by atoms with E-state index in [1.54, 1.807) is 13.8 Å². The number of rotatable bonds is 1. The lowest BCUT2D eigenvalue weighted by Gasteiger charge is -2.21. The molecule has 3 rings (SSSR count). The molecule has 0 saturated carbocycles. The molecule has 0 aromatic rings. The van der Waals surface area contributed by atoms with Crippen molar-refractivity contribution in [3.05, 3.63) is 0 Å². The summed E-state index contributed by atoms with van der Waals surface area (Å²) >= 11 is 0. The standard InChI is InChI=1S/C11H14O7/c1-4(12)14-7-5-6(15-9(7)13)8-10(16-5)18-11(2,3)17-8/h5-8,10H,1-3H3/t5-,6-,7-,8+,10+/m0/s1. The first-order valence-corrected chi connectivity index (χ1v) is 5.76. The number of esters is 2. The summed E-state index contributed by atoms with van der Waals surface area (Å²) in [4.78, 5) is 22.5. The van der Waals surface area contributed by atoms with E-state index in [4.69, 9.17) is 23.7 Å². The summed E-state index contributed by atoms with van der Waals surface area (Å²) in [5, 5.41) is 0. The van der Waals surface area contributed by atoms with Crippen LogP contribution in [0.4, 0.5) is 0 Å². The smallest absolute Gasteiger partial charge is 0.350 e. The van der Waals surface area contributed by atoms with Gasteiger partial charge in [0.2, 0.25) is 6.10 Å². The van der Waals surface area contributed by atoms with Crippen LogP contribution in [0, 0.1) is 0 Å². The van der Waals surface area contributed by atoms with Crippen molar-refractivity contribution < 1.29 is 33.3 Å². The van der Waals surface area contributed by atoms with E-state index in [0.29, 0.717) is 0 Å². The Morgan fingerprint density at radius 3 is 2.61 bits per heavy atom. The van der Waals surface area contributed by atoms with Gasteiger partial charge in [-0.25, -0.2) is 4.79 Å². The third-order valence-electron chi connectivity index (χ3n) is 3.10. The van der Waals surface area contributed by atoms with Crippen molar-refractivity contribution in [1.82, 2.24) is 0 Å². The molecule has 3 aliphatic rings. The molecule has 0 radical (unpaired) electrons. The molecule has 0 aromatic heterocycles. The lowest BCUT2D eigenvalue weighted by molar-refractivity contribution is -0.216. The van der Waals surface area contributed by atoms with Crippen molar-refractivity contribution in [2.45, 2.75) is 57.3 Å². The molecule has 18 heavy (non-hydrogen) atoms. The Balaban J connectivity index is 1.77. The molecule has 7 nitrogen and oxygen atoms in total. The van der Waals surface area contributed by atoms with Gasteiger partial charge in [0.1, 0.15) is 6.10 Å². The Hall–Kier alpha value is -1.18. The minimum Gasteiger partial charge on any atom is -0.454 e. The van der Waals surface area contributed by atoms with Crippen LogP contribution in [0.5, 0.6) is 0 Å². The van der Waals surface area contributed by atoms with E-state index in [1.807, 2.05) is 0 Å². The Bertz CT molecular complexity index is 404. The summed E-state index contributed by atoms with van der Waals surface area (Å²) < 4.78 is 26.8. The average Bonchev–Trinajstić information content (AvgIpc) is 2.77. The van der Waals surface area contributed by atoms with Crippen LogP contribution in [0.25, 0.3) is 0 Å². The zero-order chi connectivity index (χ0) is 13.1. The minimum atomic E-state index is -1.03. The molecule has 0 amide bonds. The highest BCUT2D eigenvalue weighted by molar-refractivity contribution is 5.81. The van der Waals surface area contributed by atoms with Gasteiger partial charge in [-0.3, -0.25) is 4.79 Å². The van der Waals surface area contributed by atoms with E-state index in [0.717, 1.165) is 0 Å². The zero-order valence-corrected chi connectivity index (χ0v) is 10.2. The first-order valence-electron chi connectivity index (χ1n) is 5.76. The van der Waals surface area contributed by atoms with Crippen molar-refractivity contribution in [3.8, 4) is 0 Å². The van der Waals surface area contributed by atoms with Gasteiger partial charge in [0, 0.05) is 6.92 Å². The quantitative estimate of drug-likeness (QED) is 0.598. The van der Waals surface area contributed by atoms with Crippen LogP contribution in [0.15, 0.2) is 0 Å². The molecular weight excluding hydrogens is 244 g/mol. The van der Waals surface area contributed by atoms with Crippen molar-refractivity contribution in [3.63, 3.8) is 0 Å². The molecule has 100 valence electrons. The first kappa shape index (κ1) is 11.9. The number of carbonyl (C=O) groups is 2. The number of carbonyl (C=O) groups excluding carboxylic acids is 2. The van der Waals surface area contributed by atoms with E-state index in [2.05, 4.69) is 0 Å². The Labute approximate surface area is 103 Å². The minimum absolute atomic E-state index is 0.477. The average molecular weight is 258 g/mol. The summed E-state index contributed by atoms with van der Waals surface area (Å²) in [5.41, 5.74) is 0. The van der Waals surface area contributed by atoms with Gasteiger partial charge in [-0.2, -0.15) is 0 Å². The monoisotopic (exact) mass is 258 g/mol. The largest absolute Gasteiger partial charge is 0.454 e. The molecule has 0 spiro atoms. The fourth-order valence-electron chi connectivity index (χ4n) is 2.51. The van der Waals surface area contributed by atoms with Crippen LogP contribution < -0.4 is 0 Å². The fraction of sp³-hybridized carbons (Fsp3) is 0.818. The summed E-state index contributed by atoms with van der Waals surface area (Å²) in [6.45, 7) is 4.74.